The van der Waals surface area contributed by atoms with E-state index in [0.29, 0.717) is 6.54 Å². The highest BCUT2D eigenvalue weighted by Gasteiger charge is 2.39. The Morgan fingerprint density at radius 3 is 2.32 bits per heavy atom. The Morgan fingerprint density at radius 1 is 1.08 bits per heavy atom. The van der Waals surface area contributed by atoms with Crippen molar-refractivity contribution in [2.24, 2.45) is 0 Å². The van der Waals surface area contributed by atoms with E-state index < -0.39 is 8.32 Å². The fourth-order valence-electron chi connectivity index (χ4n) is 2.02. The molecule has 2 aromatic carbocycles. The van der Waals surface area contributed by atoms with Crippen LogP contribution in [0.5, 0.6) is 11.5 Å². The van der Waals surface area contributed by atoms with Crippen LogP contribution in [-0.4, -0.2) is 13.4 Å². The van der Waals surface area contributed by atoms with Gasteiger partial charge in [0, 0.05) is 17.8 Å². The van der Waals surface area contributed by atoms with E-state index in [0.717, 1.165) is 21.5 Å². The first-order chi connectivity index (χ1) is 11.6. The van der Waals surface area contributed by atoms with Crippen molar-refractivity contribution in [2.75, 3.05) is 5.43 Å². The molecule has 25 heavy (non-hydrogen) atoms. The molecule has 0 aliphatic carbocycles. The normalized spacial score (nSPS) is 12.1. The van der Waals surface area contributed by atoms with Crippen LogP contribution in [0.3, 0.4) is 0 Å². The van der Waals surface area contributed by atoms with Crippen molar-refractivity contribution < 1.29 is 9.53 Å². The Kier molecular flexibility index (Phi) is 6.19. The van der Waals surface area contributed by atoms with Crippen molar-refractivity contribution in [3.63, 3.8) is 0 Å². The summed E-state index contributed by atoms with van der Waals surface area (Å²) in [7, 11) is -1.95. The average Bonchev–Trinajstić information content (AvgIpc) is 2.53. The third-order valence-electron chi connectivity index (χ3n) is 4.63. The summed E-state index contributed by atoms with van der Waals surface area (Å²) in [6, 6.07) is 13.4. The van der Waals surface area contributed by atoms with Gasteiger partial charge in [0.1, 0.15) is 11.5 Å². The molecule has 0 radical (unpaired) electrons. The Bertz CT molecular complexity index is 715. The molecule has 0 spiro atoms. The van der Waals surface area contributed by atoms with Gasteiger partial charge < -0.3 is 15.0 Å². The van der Waals surface area contributed by atoms with E-state index in [1.165, 1.54) is 0 Å². The van der Waals surface area contributed by atoms with Crippen LogP contribution in [0.1, 0.15) is 26.3 Å². The maximum Gasteiger partial charge on any atom is 0.250 e. The number of anilines is 1. The summed E-state index contributed by atoms with van der Waals surface area (Å²) >= 11 is 3.61. The zero-order valence-electron chi connectivity index (χ0n) is 15.5. The van der Waals surface area contributed by atoms with E-state index in [1.807, 2.05) is 36.4 Å². The largest absolute Gasteiger partial charge is 0.543 e. The van der Waals surface area contributed by atoms with Crippen LogP contribution in [0, 0.1) is 0 Å². The highest BCUT2D eigenvalue weighted by Crippen LogP contribution is 2.41. The molecule has 2 rings (SSSR count). The number of halogens is 1. The van der Waals surface area contributed by atoms with Gasteiger partial charge in [-0.3, -0.25) is 0 Å². The van der Waals surface area contributed by atoms with E-state index in [1.54, 1.807) is 6.07 Å². The van der Waals surface area contributed by atoms with Crippen LogP contribution in [0.4, 0.5) is 5.69 Å². The highest BCUT2D eigenvalue weighted by molar-refractivity contribution is 9.10. The van der Waals surface area contributed by atoms with Crippen molar-refractivity contribution in [1.82, 2.24) is 5.43 Å². The number of aromatic hydroxyl groups is 1. The van der Waals surface area contributed by atoms with E-state index in [2.05, 4.69) is 60.6 Å². The number of rotatable bonds is 6. The molecule has 0 fully saturated rings. The number of benzene rings is 2. The van der Waals surface area contributed by atoms with Crippen LogP contribution in [0.25, 0.3) is 0 Å². The summed E-state index contributed by atoms with van der Waals surface area (Å²) < 4.78 is 7.18. The highest BCUT2D eigenvalue weighted by atomic mass is 79.9. The number of hydrogen-bond acceptors (Lipinski definition) is 4. The number of para-hydroxylation sites is 1. The van der Waals surface area contributed by atoms with Crippen molar-refractivity contribution >= 4 is 29.9 Å². The minimum atomic E-state index is -1.95. The minimum Gasteiger partial charge on any atom is -0.543 e. The van der Waals surface area contributed by atoms with E-state index in [-0.39, 0.29) is 10.8 Å². The Labute approximate surface area is 159 Å². The molecule has 0 amide bonds. The maximum absolute atomic E-state index is 10.2. The monoisotopic (exact) mass is 422 g/mol. The molecule has 2 aromatic rings. The van der Waals surface area contributed by atoms with Gasteiger partial charge in [0.25, 0.3) is 8.32 Å². The summed E-state index contributed by atoms with van der Waals surface area (Å²) in [4.78, 5) is 0. The lowest BCUT2D eigenvalue weighted by atomic mass is 10.2. The molecule has 0 atom stereocenters. The van der Waals surface area contributed by atoms with Crippen molar-refractivity contribution in [2.45, 2.75) is 45.4 Å². The molecule has 0 aromatic heterocycles. The Balaban J connectivity index is 2.14. The van der Waals surface area contributed by atoms with Crippen molar-refractivity contribution in [3.8, 4) is 11.5 Å². The van der Waals surface area contributed by atoms with Gasteiger partial charge in [0.05, 0.1) is 4.47 Å². The number of nitrogens with one attached hydrogen (secondary N) is 2. The smallest absolute Gasteiger partial charge is 0.250 e. The maximum atomic E-state index is 10.2. The lowest BCUT2D eigenvalue weighted by Crippen LogP contribution is -2.44. The second kappa shape index (κ2) is 7.80. The topological polar surface area (TPSA) is 53.5 Å². The van der Waals surface area contributed by atoms with Crippen LogP contribution < -0.4 is 15.3 Å². The molecule has 0 unspecified atom stereocenters. The molecule has 0 aliphatic heterocycles. The van der Waals surface area contributed by atoms with Gasteiger partial charge in [0.15, 0.2) is 0 Å². The number of hydrogen-bond donors (Lipinski definition) is 3. The molecule has 3 N–H and O–H groups in total. The molecule has 0 heterocycles. The van der Waals surface area contributed by atoms with Crippen LogP contribution >= 0.6 is 15.9 Å². The van der Waals surface area contributed by atoms with Crippen LogP contribution in [0.15, 0.2) is 46.9 Å². The lowest BCUT2D eigenvalue weighted by molar-refractivity contribution is 0.457. The molecule has 0 aliphatic rings. The molecule has 136 valence electrons. The number of hydrazine groups is 1. The molecule has 0 saturated heterocycles. The fraction of sp³-hybridized carbons (Fsp3) is 0.368. The van der Waals surface area contributed by atoms with Crippen LogP contribution in [-0.2, 0) is 6.54 Å². The van der Waals surface area contributed by atoms with Crippen molar-refractivity contribution in [3.05, 3.63) is 52.5 Å². The quantitative estimate of drug-likeness (QED) is 0.415. The molecule has 4 nitrogen and oxygen atoms in total. The second-order valence-corrected chi connectivity index (χ2v) is 13.1. The average molecular weight is 423 g/mol. The third kappa shape index (κ3) is 5.00. The standard InChI is InChI=1S/C19H27BrN2O2Si/c1-19(2,3)25(4,5)24-17-12-11-16(23)15(18(17)20)13-21-22-14-9-7-6-8-10-14/h6-12,21-23H,13H2,1-5H3. The minimum absolute atomic E-state index is 0.109. The molecular formula is C19H27BrN2O2Si. The summed E-state index contributed by atoms with van der Waals surface area (Å²) in [6.07, 6.45) is 0. The first-order valence-corrected chi connectivity index (χ1v) is 12.1. The summed E-state index contributed by atoms with van der Waals surface area (Å²) in [5.74, 6) is 1.01. The number of phenols is 1. The van der Waals surface area contributed by atoms with Gasteiger partial charge in [-0.1, -0.05) is 39.0 Å². The van der Waals surface area contributed by atoms with E-state index in [9.17, 15) is 5.11 Å². The zero-order valence-corrected chi connectivity index (χ0v) is 18.1. The first-order valence-electron chi connectivity index (χ1n) is 8.35. The fourth-order valence-corrected chi connectivity index (χ4v) is 3.75. The van der Waals surface area contributed by atoms with Gasteiger partial charge in [-0.25, -0.2) is 5.43 Å². The van der Waals surface area contributed by atoms with Gasteiger partial charge in [-0.2, -0.15) is 0 Å². The van der Waals surface area contributed by atoms with Gasteiger partial charge in [-0.05, 0) is 58.3 Å². The van der Waals surface area contributed by atoms with Gasteiger partial charge in [-0.15, -0.1) is 0 Å². The lowest BCUT2D eigenvalue weighted by Gasteiger charge is -2.37. The van der Waals surface area contributed by atoms with Gasteiger partial charge >= 0.3 is 0 Å². The SMILES string of the molecule is CC(C)(C)[Si](C)(C)Oc1ccc(O)c(CNNc2ccccc2)c1Br. The van der Waals surface area contributed by atoms with Gasteiger partial charge in [0.2, 0.25) is 0 Å². The molecule has 0 bridgehead atoms. The first kappa shape index (κ1) is 19.8. The van der Waals surface area contributed by atoms with Crippen molar-refractivity contribution in [1.29, 1.82) is 0 Å². The summed E-state index contributed by atoms with van der Waals surface area (Å²) in [5.41, 5.74) is 7.99. The second-order valence-electron chi connectivity index (χ2n) is 7.58. The predicted molar refractivity (Wildman–Crippen MR) is 111 cm³/mol. The predicted octanol–water partition coefficient (Wildman–Crippen LogP) is 5.66. The molecule has 0 saturated carbocycles. The zero-order chi connectivity index (χ0) is 18.7. The third-order valence-corrected chi connectivity index (χ3v) is 9.84. The molecular weight excluding hydrogens is 396 g/mol. The Hall–Kier alpha value is -1.50. The van der Waals surface area contributed by atoms with Crippen LogP contribution in [0.2, 0.25) is 18.1 Å². The Morgan fingerprint density at radius 2 is 1.72 bits per heavy atom. The number of phenolic OH excluding ortho intramolecular Hbond substituents is 1. The van der Waals surface area contributed by atoms with E-state index >= 15 is 0 Å². The molecule has 6 heteroatoms. The summed E-state index contributed by atoms with van der Waals surface area (Å²) in [5, 5.41) is 10.3. The summed E-state index contributed by atoms with van der Waals surface area (Å²) in [6.45, 7) is 11.5. The van der Waals surface area contributed by atoms with E-state index in [4.69, 9.17) is 4.43 Å².